The fraction of sp³-hybridized carbons (Fsp3) is 0.814. The number of carbonyl (C=O) groups is 3. The second-order valence-corrected chi connectivity index (χ2v) is 18.8. The first-order valence-electron chi connectivity index (χ1n) is 28.1. The molecule has 0 unspecified atom stereocenters. The van der Waals surface area contributed by atoms with Gasteiger partial charge in [-0.3, -0.25) is 14.4 Å². The maximum atomic E-state index is 12.8. The molecule has 0 amide bonds. The van der Waals surface area contributed by atoms with Gasteiger partial charge in [0.1, 0.15) is 13.2 Å². The van der Waals surface area contributed by atoms with Crippen LogP contribution < -0.4 is 0 Å². The van der Waals surface area contributed by atoms with E-state index in [0.29, 0.717) is 19.3 Å². The summed E-state index contributed by atoms with van der Waals surface area (Å²) >= 11 is 0. The highest BCUT2D eigenvalue weighted by Gasteiger charge is 2.19. The van der Waals surface area contributed by atoms with E-state index in [1.165, 1.54) is 161 Å². The Bertz CT molecular complexity index is 1140. The largest absolute Gasteiger partial charge is 0.462 e. The third-order valence-electron chi connectivity index (χ3n) is 12.3. The van der Waals surface area contributed by atoms with E-state index in [0.717, 1.165) is 89.9 Å². The van der Waals surface area contributed by atoms with Crippen molar-refractivity contribution in [2.75, 3.05) is 13.2 Å². The highest BCUT2D eigenvalue weighted by molar-refractivity contribution is 5.71. The molecule has 0 aromatic carbocycles. The smallest absolute Gasteiger partial charge is 0.306 e. The summed E-state index contributed by atoms with van der Waals surface area (Å²) in [5.41, 5.74) is 0. The number of esters is 3. The fourth-order valence-electron chi connectivity index (χ4n) is 8.03. The van der Waals surface area contributed by atoms with Crippen molar-refractivity contribution in [3.63, 3.8) is 0 Å². The van der Waals surface area contributed by atoms with E-state index < -0.39 is 6.10 Å². The molecule has 1 atom stereocenters. The van der Waals surface area contributed by atoms with Gasteiger partial charge in [0.25, 0.3) is 0 Å². The topological polar surface area (TPSA) is 78.9 Å². The third kappa shape index (κ3) is 52.2. The van der Waals surface area contributed by atoms with Crippen LogP contribution in [0.2, 0.25) is 0 Å². The van der Waals surface area contributed by atoms with Crippen LogP contribution in [0.3, 0.4) is 0 Å². The van der Waals surface area contributed by atoms with Crippen LogP contribution in [0.1, 0.15) is 290 Å². The van der Waals surface area contributed by atoms with E-state index in [9.17, 15) is 14.4 Å². The number of hydrogen-bond acceptors (Lipinski definition) is 6. The molecule has 0 aromatic heterocycles. The molecule has 0 bridgehead atoms. The Morgan fingerprint density at radius 2 is 0.554 bits per heavy atom. The zero-order valence-electron chi connectivity index (χ0n) is 43.3. The second kappa shape index (κ2) is 54.0. The quantitative estimate of drug-likeness (QED) is 0.0262. The van der Waals surface area contributed by atoms with Crippen LogP contribution in [-0.4, -0.2) is 37.2 Å². The third-order valence-corrected chi connectivity index (χ3v) is 12.3. The monoisotopic (exact) mass is 911 g/mol. The molecule has 0 aliphatic heterocycles. The van der Waals surface area contributed by atoms with Gasteiger partial charge in [0.15, 0.2) is 6.10 Å². The van der Waals surface area contributed by atoms with Gasteiger partial charge in [0, 0.05) is 19.3 Å². The van der Waals surface area contributed by atoms with Crippen LogP contribution in [0.4, 0.5) is 0 Å². The number of unbranched alkanes of at least 4 members (excludes halogenated alkanes) is 32. The number of ether oxygens (including phenoxy) is 3. The van der Waals surface area contributed by atoms with E-state index >= 15 is 0 Å². The molecular weight excluding hydrogens is 805 g/mol. The molecule has 0 saturated carbocycles. The Labute approximate surface area is 403 Å². The van der Waals surface area contributed by atoms with Gasteiger partial charge in [-0.2, -0.15) is 0 Å². The van der Waals surface area contributed by atoms with Crippen LogP contribution in [-0.2, 0) is 28.6 Å². The molecule has 0 rings (SSSR count). The van der Waals surface area contributed by atoms with Crippen LogP contribution in [0.15, 0.2) is 48.6 Å². The molecule has 0 N–H and O–H groups in total. The summed E-state index contributed by atoms with van der Waals surface area (Å²) in [6.07, 6.45) is 65.2. The average Bonchev–Trinajstić information content (AvgIpc) is 3.30. The molecule has 0 saturated heterocycles. The lowest BCUT2D eigenvalue weighted by molar-refractivity contribution is -0.167. The maximum Gasteiger partial charge on any atom is 0.306 e. The van der Waals surface area contributed by atoms with Gasteiger partial charge in [-0.25, -0.2) is 0 Å². The normalized spacial score (nSPS) is 12.4. The second-order valence-electron chi connectivity index (χ2n) is 18.8. The van der Waals surface area contributed by atoms with Crippen LogP contribution >= 0.6 is 0 Å². The minimum Gasteiger partial charge on any atom is -0.462 e. The summed E-state index contributed by atoms with van der Waals surface area (Å²) in [6, 6.07) is 0. The molecule has 0 fully saturated rings. The Hall–Kier alpha value is -2.63. The predicted molar refractivity (Wildman–Crippen MR) is 279 cm³/mol. The van der Waals surface area contributed by atoms with Crippen LogP contribution in [0.5, 0.6) is 0 Å². The van der Waals surface area contributed by atoms with Crippen molar-refractivity contribution in [2.24, 2.45) is 0 Å². The lowest BCUT2D eigenvalue weighted by Crippen LogP contribution is -2.30. The Morgan fingerprint density at radius 3 is 0.908 bits per heavy atom. The molecule has 65 heavy (non-hydrogen) atoms. The molecular formula is C59H106O6. The Kier molecular flexibility index (Phi) is 51.8. The van der Waals surface area contributed by atoms with E-state index in [4.69, 9.17) is 14.2 Å². The van der Waals surface area contributed by atoms with E-state index in [-0.39, 0.29) is 31.1 Å². The fourth-order valence-corrected chi connectivity index (χ4v) is 8.03. The van der Waals surface area contributed by atoms with Crippen LogP contribution in [0, 0.1) is 0 Å². The predicted octanol–water partition coefficient (Wildman–Crippen LogP) is 18.7. The molecule has 6 nitrogen and oxygen atoms in total. The van der Waals surface area contributed by atoms with Crippen LogP contribution in [0.25, 0.3) is 0 Å². The molecule has 0 aromatic rings. The minimum atomic E-state index is -0.786. The van der Waals surface area contributed by atoms with Gasteiger partial charge in [-0.1, -0.05) is 236 Å². The molecule has 0 aliphatic rings. The zero-order valence-corrected chi connectivity index (χ0v) is 43.3. The van der Waals surface area contributed by atoms with Gasteiger partial charge in [0.05, 0.1) is 0 Å². The number of allylic oxidation sites excluding steroid dienone is 8. The zero-order chi connectivity index (χ0) is 47.2. The summed E-state index contributed by atoms with van der Waals surface area (Å²) in [7, 11) is 0. The Morgan fingerprint density at radius 1 is 0.308 bits per heavy atom. The standard InChI is InChI=1S/C59H106O6/c1-4-7-10-13-16-19-22-25-28-29-32-35-38-41-44-47-50-53-59(62)65-56(54-63-57(60)51-48-45-42-39-36-33-30-26-23-20-17-14-11-8-5-2)55-64-58(61)52-49-46-43-40-37-34-31-27-24-21-18-15-12-9-6-3/h16,19,25-26,28,30,32,35,56H,4-15,17-18,20-24,27,29,31,33-34,36-55H2,1-3H3/b19-16-,28-25-,30-26-,35-32-/t56-/m1/s1. The average molecular weight is 911 g/mol. The summed E-state index contributed by atoms with van der Waals surface area (Å²) in [4.78, 5) is 38.1. The highest BCUT2D eigenvalue weighted by Crippen LogP contribution is 2.16. The van der Waals surface area contributed by atoms with Crippen molar-refractivity contribution in [3.05, 3.63) is 48.6 Å². The molecule has 6 heteroatoms. The van der Waals surface area contributed by atoms with Gasteiger partial charge in [-0.15, -0.1) is 0 Å². The van der Waals surface area contributed by atoms with E-state index in [2.05, 4.69) is 69.4 Å². The van der Waals surface area contributed by atoms with Crippen molar-refractivity contribution in [1.82, 2.24) is 0 Å². The number of rotatable bonds is 51. The van der Waals surface area contributed by atoms with E-state index in [1.807, 2.05) is 0 Å². The highest BCUT2D eigenvalue weighted by atomic mass is 16.6. The molecule has 0 spiro atoms. The Balaban J connectivity index is 4.41. The molecule has 0 aliphatic carbocycles. The number of hydrogen-bond donors (Lipinski definition) is 0. The lowest BCUT2D eigenvalue weighted by Gasteiger charge is -2.18. The van der Waals surface area contributed by atoms with E-state index in [1.54, 1.807) is 0 Å². The van der Waals surface area contributed by atoms with Gasteiger partial charge in [0.2, 0.25) is 0 Å². The van der Waals surface area contributed by atoms with Gasteiger partial charge < -0.3 is 14.2 Å². The van der Waals surface area contributed by atoms with Crippen molar-refractivity contribution in [3.8, 4) is 0 Å². The first-order valence-corrected chi connectivity index (χ1v) is 28.1. The van der Waals surface area contributed by atoms with Crippen molar-refractivity contribution in [2.45, 2.75) is 297 Å². The molecule has 0 radical (unpaired) electrons. The number of carbonyl (C=O) groups excluding carboxylic acids is 3. The summed E-state index contributed by atoms with van der Waals surface area (Å²) < 4.78 is 16.8. The van der Waals surface area contributed by atoms with Gasteiger partial charge >= 0.3 is 17.9 Å². The van der Waals surface area contributed by atoms with Crippen molar-refractivity contribution < 1.29 is 28.6 Å². The molecule has 378 valence electrons. The van der Waals surface area contributed by atoms with Gasteiger partial charge in [-0.05, 0) is 83.5 Å². The summed E-state index contributed by atoms with van der Waals surface area (Å²) in [6.45, 7) is 6.61. The molecule has 0 heterocycles. The van der Waals surface area contributed by atoms with Crippen molar-refractivity contribution >= 4 is 17.9 Å². The summed E-state index contributed by atoms with van der Waals surface area (Å²) in [5.74, 6) is -0.900. The first kappa shape index (κ1) is 62.4. The first-order chi connectivity index (χ1) is 32.0. The van der Waals surface area contributed by atoms with Crippen molar-refractivity contribution in [1.29, 1.82) is 0 Å². The maximum absolute atomic E-state index is 12.8. The lowest BCUT2D eigenvalue weighted by atomic mass is 10.0. The summed E-state index contributed by atoms with van der Waals surface area (Å²) in [5, 5.41) is 0. The SMILES string of the molecule is CCCCC/C=C\C/C=C\C/C=C\CCCCCCC(=O)O[C@H](COC(=O)CCCCCCC/C=C\CCCCCCCC)COC(=O)CCCCCCCCCCCCCCCCC. The minimum absolute atomic E-state index is 0.0821.